The number of tetrazole rings is 1. The molecule has 0 fully saturated rings. The molecule has 3 rings (SSSR count). The van der Waals surface area contributed by atoms with Gasteiger partial charge in [0, 0.05) is 10.2 Å². The van der Waals surface area contributed by atoms with Crippen molar-refractivity contribution in [3.8, 4) is 17.1 Å². The van der Waals surface area contributed by atoms with Crippen molar-refractivity contribution in [1.82, 2.24) is 20.2 Å². The average Bonchev–Trinajstić information content (AvgIpc) is 2.90. The van der Waals surface area contributed by atoms with Crippen LogP contribution in [0.15, 0.2) is 40.9 Å². The molecular formula is C13H8BrClFN5. The zero-order chi connectivity index (χ0) is 15.0. The topological polar surface area (TPSA) is 69.6 Å². The molecule has 0 unspecified atom stereocenters. The molecule has 1 heterocycles. The fraction of sp³-hybridized carbons (Fsp3) is 0. The third kappa shape index (κ3) is 2.62. The second kappa shape index (κ2) is 5.42. The Morgan fingerprint density at radius 3 is 2.76 bits per heavy atom. The molecule has 8 heteroatoms. The number of rotatable bonds is 2. The highest BCUT2D eigenvalue weighted by molar-refractivity contribution is 9.10. The lowest BCUT2D eigenvalue weighted by Gasteiger charge is -2.08. The van der Waals surface area contributed by atoms with Gasteiger partial charge in [-0.15, -0.1) is 5.10 Å². The minimum atomic E-state index is -0.503. The zero-order valence-electron chi connectivity index (χ0n) is 10.5. The fourth-order valence-electron chi connectivity index (χ4n) is 1.88. The predicted molar refractivity (Wildman–Crippen MR) is 81.7 cm³/mol. The fourth-order valence-corrected chi connectivity index (χ4v) is 2.42. The molecule has 0 aliphatic rings. The van der Waals surface area contributed by atoms with E-state index < -0.39 is 5.82 Å². The molecule has 0 radical (unpaired) electrons. The monoisotopic (exact) mass is 367 g/mol. The summed E-state index contributed by atoms with van der Waals surface area (Å²) in [6.07, 6.45) is 0. The maximum Gasteiger partial charge on any atom is 0.190 e. The number of benzene rings is 2. The average molecular weight is 369 g/mol. The summed E-state index contributed by atoms with van der Waals surface area (Å²) >= 11 is 9.52. The first-order valence-electron chi connectivity index (χ1n) is 5.85. The lowest BCUT2D eigenvalue weighted by atomic mass is 10.2. The van der Waals surface area contributed by atoms with Crippen LogP contribution in [0.5, 0.6) is 0 Å². The molecular weight excluding hydrogens is 361 g/mol. The van der Waals surface area contributed by atoms with E-state index in [1.54, 1.807) is 24.3 Å². The molecule has 1 aromatic heterocycles. The first-order chi connectivity index (χ1) is 10.1. The minimum absolute atomic E-state index is 0.241. The molecule has 0 saturated carbocycles. The lowest BCUT2D eigenvalue weighted by molar-refractivity contribution is 0.629. The van der Waals surface area contributed by atoms with Crippen LogP contribution in [0.1, 0.15) is 0 Å². The van der Waals surface area contributed by atoms with Gasteiger partial charge in [0.25, 0.3) is 0 Å². The third-order valence-corrected chi connectivity index (χ3v) is 3.65. The second-order valence-electron chi connectivity index (χ2n) is 4.25. The Bertz CT molecular complexity index is 820. The highest BCUT2D eigenvalue weighted by Gasteiger charge is 2.17. The van der Waals surface area contributed by atoms with Crippen LogP contribution in [-0.4, -0.2) is 20.2 Å². The molecule has 2 aromatic carbocycles. The first kappa shape index (κ1) is 14.0. The van der Waals surface area contributed by atoms with E-state index in [1.807, 2.05) is 0 Å². The van der Waals surface area contributed by atoms with Gasteiger partial charge in [0.05, 0.1) is 16.3 Å². The first-order valence-corrected chi connectivity index (χ1v) is 7.02. The molecule has 3 aromatic rings. The summed E-state index contributed by atoms with van der Waals surface area (Å²) in [7, 11) is 0. The number of aromatic nitrogens is 4. The number of halogens is 3. The van der Waals surface area contributed by atoms with Gasteiger partial charge in [0.2, 0.25) is 0 Å². The number of nitrogens with zero attached hydrogens (tertiary/aromatic N) is 4. The van der Waals surface area contributed by atoms with Crippen LogP contribution < -0.4 is 5.73 Å². The summed E-state index contributed by atoms with van der Waals surface area (Å²) in [5.74, 6) is -0.260. The van der Waals surface area contributed by atoms with E-state index in [0.29, 0.717) is 16.4 Å². The Hall–Kier alpha value is -1.99. The molecule has 21 heavy (non-hydrogen) atoms. The van der Waals surface area contributed by atoms with Crippen molar-refractivity contribution in [3.05, 3.63) is 51.7 Å². The summed E-state index contributed by atoms with van der Waals surface area (Å²) < 4.78 is 16.2. The maximum atomic E-state index is 14.1. The Labute approximate surface area is 132 Å². The van der Waals surface area contributed by atoms with Crippen LogP contribution >= 0.6 is 27.5 Å². The molecule has 5 nitrogen and oxygen atoms in total. The Morgan fingerprint density at radius 2 is 2.00 bits per heavy atom. The quantitative estimate of drug-likeness (QED) is 0.703. The van der Waals surface area contributed by atoms with E-state index in [-0.39, 0.29) is 11.4 Å². The number of anilines is 1. The molecule has 0 atom stereocenters. The number of hydrogen-bond donors (Lipinski definition) is 1. The van der Waals surface area contributed by atoms with Gasteiger partial charge in [0.15, 0.2) is 5.82 Å². The third-order valence-electron chi connectivity index (χ3n) is 2.84. The summed E-state index contributed by atoms with van der Waals surface area (Å²) in [5.41, 5.74) is 6.66. The largest absolute Gasteiger partial charge is 0.399 e. The Morgan fingerprint density at radius 1 is 1.19 bits per heavy atom. The van der Waals surface area contributed by atoms with E-state index in [2.05, 4.69) is 31.5 Å². The van der Waals surface area contributed by atoms with Gasteiger partial charge >= 0.3 is 0 Å². The standard InChI is InChI=1S/C13H8BrClFN5/c14-7-1-4-10(15)12(5-7)21-13(18-19-20-21)9-3-2-8(17)6-11(9)16/h1-6H,17H2. The van der Waals surface area contributed by atoms with Crippen molar-refractivity contribution < 1.29 is 4.39 Å². The van der Waals surface area contributed by atoms with Gasteiger partial charge in [-0.25, -0.2) is 4.39 Å². The van der Waals surface area contributed by atoms with Crippen molar-refractivity contribution in [2.24, 2.45) is 0 Å². The number of hydrogen-bond acceptors (Lipinski definition) is 4. The van der Waals surface area contributed by atoms with Gasteiger partial charge in [-0.1, -0.05) is 27.5 Å². The summed E-state index contributed by atoms with van der Waals surface area (Å²) in [6.45, 7) is 0. The maximum absolute atomic E-state index is 14.1. The van der Waals surface area contributed by atoms with Crippen molar-refractivity contribution in [2.75, 3.05) is 5.73 Å². The summed E-state index contributed by atoms with van der Waals surface area (Å²) in [4.78, 5) is 0. The molecule has 0 aliphatic carbocycles. The zero-order valence-corrected chi connectivity index (χ0v) is 12.8. The van der Waals surface area contributed by atoms with Crippen LogP contribution in [-0.2, 0) is 0 Å². The Kier molecular flexibility index (Phi) is 3.60. The van der Waals surface area contributed by atoms with E-state index in [4.69, 9.17) is 17.3 Å². The summed E-state index contributed by atoms with van der Waals surface area (Å²) in [5, 5.41) is 11.8. The molecule has 106 valence electrons. The van der Waals surface area contributed by atoms with Crippen molar-refractivity contribution in [3.63, 3.8) is 0 Å². The Balaban J connectivity index is 2.19. The van der Waals surface area contributed by atoms with Gasteiger partial charge in [-0.2, -0.15) is 4.68 Å². The molecule has 0 aliphatic heterocycles. The lowest BCUT2D eigenvalue weighted by Crippen LogP contribution is -2.02. The van der Waals surface area contributed by atoms with Crippen LogP contribution in [0.25, 0.3) is 17.1 Å². The van der Waals surface area contributed by atoms with Crippen molar-refractivity contribution in [2.45, 2.75) is 0 Å². The molecule has 2 N–H and O–H groups in total. The van der Waals surface area contributed by atoms with Crippen molar-refractivity contribution >= 4 is 33.2 Å². The van der Waals surface area contributed by atoms with E-state index in [0.717, 1.165) is 4.47 Å². The van der Waals surface area contributed by atoms with Crippen molar-refractivity contribution in [1.29, 1.82) is 0 Å². The highest BCUT2D eigenvalue weighted by atomic mass is 79.9. The molecule has 0 saturated heterocycles. The molecule has 0 amide bonds. The normalized spacial score (nSPS) is 10.8. The van der Waals surface area contributed by atoms with E-state index in [1.165, 1.54) is 16.8 Å². The second-order valence-corrected chi connectivity index (χ2v) is 5.57. The smallest absolute Gasteiger partial charge is 0.190 e. The molecule has 0 spiro atoms. The SMILES string of the molecule is Nc1ccc(-c2nnnn2-c2cc(Br)ccc2Cl)c(F)c1. The van der Waals surface area contributed by atoms with Gasteiger partial charge in [0.1, 0.15) is 5.82 Å². The summed E-state index contributed by atoms with van der Waals surface area (Å²) in [6, 6.07) is 9.57. The number of nitrogens with two attached hydrogens (primary N) is 1. The minimum Gasteiger partial charge on any atom is -0.399 e. The van der Waals surface area contributed by atoms with Gasteiger partial charge < -0.3 is 5.73 Å². The van der Waals surface area contributed by atoms with Crippen LogP contribution in [0.3, 0.4) is 0 Å². The highest BCUT2D eigenvalue weighted by Crippen LogP contribution is 2.29. The number of nitrogen functional groups attached to an aromatic ring is 1. The van der Waals surface area contributed by atoms with Crippen LogP contribution in [0, 0.1) is 5.82 Å². The van der Waals surface area contributed by atoms with Crippen LogP contribution in [0.2, 0.25) is 5.02 Å². The predicted octanol–water partition coefficient (Wildman–Crippen LogP) is 3.47. The van der Waals surface area contributed by atoms with Gasteiger partial charge in [-0.3, -0.25) is 0 Å². The van der Waals surface area contributed by atoms with E-state index >= 15 is 0 Å². The molecule has 0 bridgehead atoms. The van der Waals surface area contributed by atoms with E-state index in [9.17, 15) is 4.39 Å². The van der Waals surface area contributed by atoms with Crippen LogP contribution in [0.4, 0.5) is 10.1 Å². The van der Waals surface area contributed by atoms with Gasteiger partial charge in [-0.05, 0) is 46.8 Å².